The fourth-order valence-corrected chi connectivity index (χ4v) is 4.67. The number of aliphatic carboxylic acids is 1. The lowest BCUT2D eigenvalue weighted by Gasteiger charge is -2.24. The third-order valence-corrected chi connectivity index (χ3v) is 6.29. The second kappa shape index (κ2) is 8.22. The molecule has 3 heterocycles. The lowest BCUT2D eigenvalue weighted by molar-refractivity contribution is -0.137. The molecule has 0 radical (unpaired) electrons. The van der Waals surface area contributed by atoms with E-state index in [2.05, 4.69) is 11.2 Å². The van der Waals surface area contributed by atoms with Crippen LogP contribution >= 0.6 is 0 Å². The third-order valence-electron chi connectivity index (χ3n) is 6.29. The van der Waals surface area contributed by atoms with Gasteiger partial charge in [0.15, 0.2) is 11.9 Å². The molecule has 1 amide bonds. The highest BCUT2D eigenvalue weighted by Gasteiger charge is 2.32. The molecule has 1 aromatic heterocycles. The maximum Gasteiger partial charge on any atom is 0.323 e. The fourth-order valence-electron chi connectivity index (χ4n) is 4.67. The van der Waals surface area contributed by atoms with Crippen LogP contribution < -0.4 is 4.90 Å². The lowest BCUT2D eigenvalue weighted by atomic mass is 10.1. The van der Waals surface area contributed by atoms with Crippen molar-refractivity contribution in [2.45, 2.75) is 32.0 Å². The molecule has 2 aliphatic rings. The third kappa shape index (κ3) is 3.58. The van der Waals surface area contributed by atoms with Crippen molar-refractivity contribution in [3.8, 4) is 6.07 Å². The van der Waals surface area contributed by atoms with E-state index in [-0.39, 0.29) is 25.2 Å². The Labute approximate surface area is 190 Å². The van der Waals surface area contributed by atoms with Crippen LogP contribution in [0.25, 0.3) is 10.9 Å². The van der Waals surface area contributed by atoms with E-state index in [1.165, 1.54) is 4.90 Å². The molecule has 1 fully saturated rings. The molecule has 2 aromatic carbocycles. The van der Waals surface area contributed by atoms with E-state index in [9.17, 15) is 14.9 Å². The zero-order valence-electron chi connectivity index (χ0n) is 18.2. The van der Waals surface area contributed by atoms with E-state index in [0.717, 1.165) is 41.4 Å². The van der Waals surface area contributed by atoms with Gasteiger partial charge in [-0.3, -0.25) is 9.59 Å². The van der Waals surface area contributed by atoms with Gasteiger partial charge in [-0.1, -0.05) is 12.1 Å². The van der Waals surface area contributed by atoms with Crippen LogP contribution in [0.5, 0.6) is 0 Å². The summed E-state index contributed by atoms with van der Waals surface area (Å²) in [4.78, 5) is 27.3. The van der Waals surface area contributed by atoms with Crippen LogP contribution in [0.4, 0.5) is 11.4 Å². The molecule has 1 N–H and O–H groups in total. The normalized spacial score (nSPS) is 17.8. The van der Waals surface area contributed by atoms with Crippen LogP contribution in [0, 0.1) is 11.3 Å². The second-order valence-corrected chi connectivity index (χ2v) is 8.35. The van der Waals surface area contributed by atoms with Crippen LogP contribution in [-0.2, 0) is 16.1 Å². The number of benzene rings is 2. The Bertz CT molecular complexity index is 1300. The average Bonchev–Trinajstić information content (AvgIpc) is 3.35. The van der Waals surface area contributed by atoms with Gasteiger partial charge < -0.3 is 19.6 Å². The molecular weight excluding hydrogens is 422 g/mol. The van der Waals surface area contributed by atoms with Crippen LogP contribution in [0.1, 0.15) is 47.1 Å². The molecule has 1 unspecified atom stereocenters. The number of carboxylic acids is 1. The first-order chi connectivity index (χ1) is 16.0. The van der Waals surface area contributed by atoms with Crippen LogP contribution in [0.2, 0.25) is 0 Å². The van der Waals surface area contributed by atoms with E-state index >= 15 is 0 Å². The molecule has 1 atom stereocenters. The number of hydrogen-bond acceptors (Lipinski definition) is 6. The quantitative estimate of drug-likeness (QED) is 0.640. The molecule has 5 rings (SSSR count). The Hall–Kier alpha value is -3.90. The number of anilines is 2. The molecule has 0 saturated carbocycles. The predicted octanol–water partition coefficient (Wildman–Crippen LogP) is 3.42. The first-order valence-corrected chi connectivity index (χ1v) is 10.9. The Morgan fingerprint density at radius 3 is 2.91 bits per heavy atom. The van der Waals surface area contributed by atoms with Gasteiger partial charge in [-0.05, 0) is 49.1 Å². The summed E-state index contributed by atoms with van der Waals surface area (Å²) < 4.78 is 7.67. The predicted molar refractivity (Wildman–Crippen MR) is 120 cm³/mol. The second-order valence-electron chi connectivity index (χ2n) is 8.35. The number of rotatable bonds is 5. The first kappa shape index (κ1) is 21.0. The first-order valence-electron chi connectivity index (χ1n) is 10.9. The van der Waals surface area contributed by atoms with E-state index in [4.69, 9.17) is 9.84 Å². The number of carboxylic acid groups (broad SMARTS) is 1. The number of carbonyl (C=O) groups is 2. The van der Waals surface area contributed by atoms with Gasteiger partial charge in [0.1, 0.15) is 12.6 Å². The molecule has 3 aromatic rings. The lowest BCUT2D eigenvalue weighted by Crippen LogP contribution is -2.30. The summed E-state index contributed by atoms with van der Waals surface area (Å²) in [6, 6.07) is 13.5. The largest absolute Gasteiger partial charge is 0.480 e. The number of fused-ring (bicyclic) bond motifs is 2. The highest BCUT2D eigenvalue weighted by Crippen LogP contribution is 2.36. The summed E-state index contributed by atoms with van der Waals surface area (Å²) in [6.07, 6.45) is 2.76. The van der Waals surface area contributed by atoms with E-state index in [1.54, 1.807) is 4.68 Å². The number of carbonyl (C=O) groups excluding carboxylic acids is 1. The standard InChI is InChI=1S/C24H23N5O4/c1-27(20-6-4-5-15-13-28(14-22(30)31)24(32)23(15)20)16-8-9-19-17(11-16)18(12-25)26-29(19)21-7-2-3-10-33-21/h4-6,8-9,11,21H,2-3,7,10,13-14H2,1H3,(H,30,31). The molecule has 9 nitrogen and oxygen atoms in total. The van der Waals surface area contributed by atoms with Gasteiger partial charge in [-0.2, -0.15) is 10.4 Å². The number of ether oxygens (including phenoxy) is 1. The SMILES string of the molecule is CN(c1ccc2c(c1)c(C#N)nn2C1CCCCO1)c1cccc2c1C(=O)N(CC(=O)O)C2. The van der Waals surface area contributed by atoms with E-state index in [0.29, 0.717) is 23.6 Å². The Morgan fingerprint density at radius 1 is 1.33 bits per heavy atom. The molecule has 0 spiro atoms. The van der Waals surface area contributed by atoms with Crippen molar-refractivity contribution >= 4 is 34.2 Å². The van der Waals surface area contributed by atoms with Gasteiger partial charge in [-0.15, -0.1) is 0 Å². The van der Waals surface area contributed by atoms with Crippen molar-refractivity contribution in [3.05, 3.63) is 53.2 Å². The Balaban J connectivity index is 1.53. The average molecular weight is 445 g/mol. The topological polar surface area (TPSA) is 112 Å². The number of amides is 1. The van der Waals surface area contributed by atoms with Crippen molar-refractivity contribution in [1.82, 2.24) is 14.7 Å². The number of aromatic nitrogens is 2. The summed E-state index contributed by atoms with van der Waals surface area (Å²) in [5.41, 5.74) is 3.95. The number of hydrogen-bond donors (Lipinski definition) is 1. The number of nitrogens with zero attached hydrogens (tertiary/aromatic N) is 5. The molecule has 33 heavy (non-hydrogen) atoms. The van der Waals surface area contributed by atoms with Crippen molar-refractivity contribution in [3.63, 3.8) is 0 Å². The summed E-state index contributed by atoms with van der Waals surface area (Å²) in [5, 5.41) is 24.0. The highest BCUT2D eigenvalue weighted by atomic mass is 16.5. The molecule has 168 valence electrons. The van der Waals surface area contributed by atoms with Crippen LogP contribution in [0.3, 0.4) is 0 Å². The van der Waals surface area contributed by atoms with Crippen molar-refractivity contribution < 1.29 is 19.4 Å². The van der Waals surface area contributed by atoms with Gasteiger partial charge in [0.25, 0.3) is 5.91 Å². The number of nitriles is 1. The van der Waals surface area contributed by atoms with E-state index < -0.39 is 5.97 Å². The monoisotopic (exact) mass is 445 g/mol. The van der Waals surface area contributed by atoms with E-state index in [1.807, 2.05) is 48.3 Å². The van der Waals surface area contributed by atoms with Gasteiger partial charge in [-0.25, -0.2) is 4.68 Å². The van der Waals surface area contributed by atoms with Crippen molar-refractivity contribution in [2.75, 3.05) is 25.1 Å². The Morgan fingerprint density at radius 2 is 2.18 bits per heavy atom. The summed E-state index contributed by atoms with van der Waals surface area (Å²) in [7, 11) is 1.85. The van der Waals surface area contributed by atoms with Gasteiger partial charge in [0, 0.05) is 31.3 Å². The minimum atomic E-state index is -1.04. The minimum absolute atomic E-state index is 0.179. The van der Waals surface area contributed by atoms with Gasteiger partial charge in [0.2, 0.25) is 0 Å². The zero-order valence-corrected chi connectivity index (χ0v) is 18.2. The molecule has 1 saturated heterocycles. The Kier molecular flexibility index (Phi) is 5.23. The molecular formula is C24H23N5O4. The molecule has 0 aliphatic carbocycles. The molecule has 9 heteroatoms. The van der Waals surface area contributed by atoms with Gasteiger partial charge >= 0.3 is 5.97 Å². The highest BCUT2D eigenvalue weighted by molar-refractivity contribution is 6.05. The van der Waals surface area contributed by atoms with Crippen molar-refractivity contribution in [1.29, 1.82) is 5.26 Å². The minimum Gasteiger partial charge on any atom is -0.480 e. The van der Waals surface area contributed by atoms with Gasteiger partial charge in [0.05, 0.1) is 16.8 Å². The fraction of sp³-hybridized carbons (Fsp3) is 0.333. The van der Waals surface area contributed by atoms with Crippen LogP contribution in [0.15, 0.2) is 36.4 Å². The van der Waals surface area contributed by atoms with Crippen LogP contribution in [-0.4, -0.2) is 51.9 Å². The zero-order chi connectivity index (χ0) is 23.1. The maximum atomic E-state index is 12.9. The summed E-state index contributed by atoms with van der Waals surface area (Å²) >= 11 is 0. The smallest absolute Gasteiger partial charge is 0.323 e. The van der Waals surface area contributed by atoms with Crippen molar-refractivity contribution in [2.24, 2.45) is 0 Å². The maximum absolute atomic E-state index is 12.9. The summed E-state index contributed by atoms with van der Waals surface area (Å²) in [6.45, 7) is 0.616. The molecule has 2 aliphatic heterocycles. The molecule has 0 bridgehead atoms. The summed E-state index contributed by atoms with van der Waals surface area (Å²) in [5.74, 6) is -1.34.